The highest BCUT2D eigenvalue weighted by atomic mass is 127. The molecule has 3 aromatic heterocycles. The number of hydrogen-bond acceptors (Lipinski definition) is 5. The largest absolute Gasteiger partial charge is 0.461 e. The topological polar surface area (TPSA) is 91.1 Å². The minimum Gasteiger partial charge on any atom is -0.461 e. The second-order valence-corrected chi connectivity index (χ2v) is 6.29. The molecule has 1 unspecified atom stereocenters. The van der Waals surface area contributed by atoms with E-state index in [-0.39, 0.29) is 24.0 Å². The summed E-state index contributed by atoms with van der Waals surface area (Å²) < 4.78 is 5.28. The molecule has 0 saturated carbocycles. The molecule has 0 fully saturated rings. The van der Waals surface area contributed by atoms with Crippen molar-refractivity contribution < 1.29 is 4.42 Å². The number of furan rings is 1. The standard InChI is InChI=1S/C16H20N6OS.HI/c1-11(13-6-4-8-24-13)9-18-16(17-2)19-10-14-20-15(22-21-14)12-5-3-7-23-12;/h3-8,11H,9-10H2,1-2H3,(H2,17,18,19)(H,20,21,22);1H. The van der Waals surface area contributed by atoms with Crippen LogP contribution in [0.15, 0.2) is 45.3 Å². The first-order chi connectivity index (χ1) is 11.8. The third-order valence-electron chi connectivity index (χ3n) is 3.52. The Morgan fingerprint density at radius 2 is 2.24 bits per heavy atom. The average molecular weight is 472 g/mol. The Morgan fingerprint density at radius 1 is 1.36 bits per heavy atom. The van der Waals surface area contributed by atoms with Gasteiger partial charge >= 0.3 is 0 Å². The van der Waals surface area contributed by atoms with Crippen LogP contribution in [0.4, 0.5) is 0 Å². The van der Waals surface area contributed by atoms with E-state index in [1.54, 1.807) is 24.6 Å². The zero-order chi connectivity index (χ0) is 16.8. The van der Waals surface area contributed by atoms with Crippen molar-refractivity contribution >= 4 is 41.3 Å². The average Bonchev–Trinajstić information content (AvgIpc) is 3.35. The summed E-state index contributed by atoms with van der Waals surface area (Å²) in [6.45, 7) is 3.51. The highest BCUT2D eigenvalue weighted by molar-refractivity contribution is 14.0. The van der Waals surface area contributed by atoms with E-state index in [0.29, 0.717) is 24.0 Å². The minimum atomic E-state index is 0. The molecular formula is C16H21IN6OS. The number of H-pyrrole nitrogens is 1. The lowest BCUT2D eigenvalue weighted by atomic mass is 10.1. The van der Waals surface area contributed by atoms with Gasteiger partial charge in [0.25, 0.3) is 0 Å². The summed E-state index contributed by atoms with van der Waals surface area (Å²) in [5.41, 5.74) is 0. The Morgan fingerprint density at radius 3 is 2.92 bits per heavy atom. The van der Waals surface area contributed by atoms with E-state index in [1.807, 2.05) is 12.1 Å². The first kappa shape index (κ1) is 19.4. The lowest BCUT2D eigenvalue weighted by Crippen LogP contribution is -2.38. The second kappa shape index (κ2) is 9.56. The van der Waals surface area contributed by atoms with Crippen molar-refractivity contribution in [3.05, 3.63) is 46.6 Å². The van der Waals surface area contributed by atoms with E-state index in [1.165, 1.54) is 4.88 Å². The van der Waals surface area contributed by atoms with Gasteiger partial charge in [0, 0.05) is 24.4 Å². The molecule has 9 heteroatoms. The molecule has 0 aliphatic carbocycles. The molecule has 0 amide bonds. The van der Waals surface area contributed by atoms with Gasteiger partial charge in [-0.05, 0) is 23.6 Å². The van der Waals surface area contributed by atoms with Crippen LogP contribution in [0.1, 0.15) is 23.5 Å². The minimum absolute atomic E-state index is 0. The van der Waals surface area contributed by atoms with Crippen LogP contribution in [0.2, 0.25) is 0 Å². The molecule has 3 heterocycles. The summed E-state index contributed by atoms with van der Waals surface area (Å²) >= 11 is 1.77. The van der Waals surface area contributed by atoms with E-state index in [0.717, 1.165) is 18.3 Å². The number of thiophene rings is 1. The van der Waals surface area contributed by atoms with E-state index in [9.17, 15) is 0 Å². The van der Waals surface area contributed by atoms with Crippen LogP contribution in [0.25, 0.3) is 11.6 Å². The van der Waals surface area contributed by atoms with Crippen molar-refractivity contribution in [1.29, 1.82) is 0 Å². The van der Waals surface area contributed by atoms with Crippen molar-refractivity contribution in [2.24, 2.45) is 4.99 Å². The van der Waals surface area contributed by atoms with Crippen molar-refractivity contribution in [3.8, 4) is 11.6 Å². The van der Waals surface area contributed by atoms with E-state index in [4.69, 9.17) is 4.42 Å². The molecule has 0 aromatic carbocycles. The number of nitrogens with zero attached hydrogens (tertiary/aromatic N) is 3. The summed E-state index contributed by atoms with van der Waals surface area (Å²) in [4.78, 5) is 9.98. The summed E-state index contributed by atoms with van der Waals surface area (Å²) in [5, 5.41) is 15.7. The number of aliphatic imine (C=N–C) groups is 1. The number of hydrogen-bond donors (Lipinski definition) is 3. The van der Waals surface area contributed by atoms with Crippen LogP contribution >= 0.6 is 35.3 Å². The number of aromatic nitrogens is 3. The maximum atomic E-state index is 5.28. The molecule has 0 aliphatic rings. The number of guanidine groups is 1. The quantitative estimate of drug-likeness (QED) is 0.291. The molecule has 3 N–H and O–H groups in total. The molecule has 0 bridgehead atoms. The lowest BCUT2D eigenvalue weighted by Gasteiger charge is -2.14. The fraction of sp³-hybridized carbons (Fsp3) is 0.312. The van der Waals surface area contributed by atoms with E-state index in [2.05, 4.69) is 55.2 Å². The Kier molecular flexibility index (Phi) is 7.44. The fourth-order valence-corrected chi connectivity index (χ4v) is 2.99. The van der Waals surface area contributed by atoms with Gasteiger partial charge in [-0.15, -0.1) is 40.4 Å². The smallest absolute Gasteiger partial charge is 0.216 e. The monoisotopic (exact) mass is 472 g/mol. The molecule has 1 atom stereocenters. The predicted molar refractivity (Wildman–Crippen MR) is 110 cm³/mol. The summed E-state index contributed by atoms with van der Waals surface area (Å²) in [6, 6.07) is 7.86. The molecule has 0 spiro atoms. The molecule has 3 aromatic rings. The molecule has 0 saturated heterocycles. The number of rotatable bonds is 6. The van der Waals surface area contributed by atoms with Gasteiger partial charge in [-0.25, -0.2) is 4.98 Å². The van der Waals surface area contributed by atoms with Gasteiger partial charge in [0.15, 0.2) is 11.7 Å². The zero-order valence-electron chi connectivity index (χ0n) is 14.0. The Hall–Kier alpha value is -1.88. The first-order valence-electron chi connectivity index (χ1n) is 7.69. The maximum Gasteiger partial charge on any atom is 0.216 e. The summed E-state index contributed by atoms with van der Waals surface area (Å²) in [6.07, 6.45) is 1.60. The zero-order valence-corrected chi connectivity index (χ0v) is 17.2. The van der Waals surface area contributed by atoms with Crippen LogP contribution in [0.3, 0.4) is 0 Å². The first-order valence-corrected chi connectivity index (χ1v) is 8.57. The van der Waals surface area contributed by atoms with Crippen molar-refractivity contribution in [1.82, 2.24) is 25.8 Å². The van der Waals surface area contributed by atoms with Crippen molar-refractivity contribution in [2.45, 2.75) is 19.4 Å². The Bertz CT molecular complexity index is 769. The second-order valence-electron chi connectivity index (χ2n) is 5.31. The van der Waals surface area contributed by atoms with Gasteiger partial charge in [0.2, 0.25) is 5.82 Å². The van der Waals surface area contributed by atoms with Crippen LogP contribution in [-0.2, 0) is 6.54 Å². The molecule has 7 nitrogen and oxygen atoms in total. The number of aromatic amines is 1. The molecule has 0 aliphatic heterocycles. The summed E-state index contributed by atoms with van der Waals surface area (Å²) in [5.74, 6) is 3.07. The van der Waals surface area contributed by atoms with Gasteiger partial charge in [-0.3, -0.25) is 10.1 Å². The Balaban J connectivity index is 0.00000225. The van der Waals surface area contributed by atoms with Gasteiger partial charge in [-0.2, -0.15) is 0 Å². The fourth-order valence-electron chi connectivity index (χ4n) is 2.20. The van der Waals surface area contributed by atoms with E-state index >= 15 is 0 Å². The van der Waals surface area contributed by atoms with Crippen LogP contribution in [0.5, 0.6) is 0 Å². The van der Waals surface area contributed by atoms with Gasteiger partial charge in [0.05, 0.1) is 12.8 Å². The normalized spacial score (nSPS) is 12.5. The number of nitrogens with one attached hydrogen (secondary N) is 3. The lowest BCUT2D eigenvalue weighted by molar-refractivity contribution is 0.577. The molecule has 0 radical (unpaired) electrons. The molecule has 134 valence electrons. The number of halogens is 1. The SMILES string of the molecule is CN=C(NCc1nc(-c2ccco2)n[nH]1)NCC(C)c1cccs1.I. The van der Waals surface area contributed by atoms with Gasteiger partial charge in [0.1, 0.15) is 5.82 Å². The van der Waals surface area contributed by atoms with Crippen molar-refractivity contribution in [3.63, 3.8) is 0 Å². The predicted octanol–water partition coefficient (Wildman–Crippen LogP) is 3.21. The summed E-state index contributed by atoms with van der Waals surface area (Å²) in [7, 11) is 1.75. The van der Waals surface area contributed by atoms with Gasteiger partial charge in [-0.1, -0.05) is 13.0 Å². The maximum absolute atomic E-state index is 5.28. The highest BCUT2D eigenvalue weighted by Crippen LogP contribution is 2.19. The molecule has 25 heavy (non-hydrogen) atoms. The molecular weight excluding hydrogens is 451 g/mol. The highest BCUT2D eigenvalue weighted by Gasteiger charge is 2.10. The Labute approximate surface area is 167 Å². The molecule has 3 rings (SSSR count). The third-order valence-corrected chi connectivity index (χ3v) is 4.63. The van der Waals surface area contributed by atoms with Crippen LogP contribution in [-0.4, -0.2) is 34.7 Å². The third kappa shape index (κ3) is 5.30. The van der Waals surface area contributed by atoms with Crippen molar-refractivity contribution in [2.75, 3.05) is 13.6 Å². The van der Waals surface area contributed by atoms with Crippen LogP contribution in [0, 0.1) is 0 Å². The van der Waals surface area contributed by atoms with Gasteiger partial charge < -0.3 is 15.1 Å². The van der Waals surface area contributed by atoms with Crippen LogP contribution < -0.4 is 10.6 Å². The van der Waals surface area contributed by atoms with E-state index < -0.39 is 0 Å².